The van der Waals surface area contributed by atoms with E-state index in [1.54, 1.807) is 11.6 Å². The predicted molar refractivity (Wildman–Crippen MR) is 81.7 cm³/mol. The quantitative estimate of drug-likeness (QED) is 0.907. The molecule has 1 aliphatic carbocycles. The molecular weight excluding hydrogens is 312 g/mol. The van der Waals surface area contributed by atoms with E-state index >= 15 is 0 Å². The van der Waals surface area contributed by atoms with E-state index < -0.39 is 11.9 Å². The number of carboxylic acid groups (broad SMARTS) is 1. The average Bonchev–Trinajstić information content (AvgIpc) is 3.09. The number of rotatable bonds is 3. The molecule has 1 amide bonds. The molecule has 1 aromatic carbocycles. The van der Waals surface area contributed by atoms with Gasteiger partial charge < -0.3 is 10.4 Å². The zero-order valence-corrected chi connectivity index (χ0v) is 12.6. The Morgan fingerprint density at radius 1 is 1.33 bits per heavy atom. The van der Waals surface area contributed by atoms with Gasteiger partial charge in [-0.2, -0.15) is 0 Å². The molecule has 1 fully saturated rings. The van der Waals surface area contributed by atoms with Gasteiger partial charge in [0, 0.05) is 5.92 Å². The molecule has 2 atom stereocenters. The van der Waals surface area contributed by atoms with E-state index in [4.69, 9.17) is 16.7 Å². The Morgan fingerprint density at radius 3 is 2.81 bits per heavy atom. The van der Waals surface area contributed by atoms with Crippen LogP contribution in [0.1, 0.15) is 19.3 Å². The van der Waals surface area contributed by atoms with Crippen LogP contribution in [-0.2, 0) is 9.59 Å². The molecule has 2 N–H and O–H groups in total. The summed E-state index contributed by atoms with van der Waals surface area (Å²) >= 11 is 7.62. The molecule has 3 rings (SSSR count). The van der Waals surface area contributed by atoms with E-state index in [1.165, 1.54) is 11.3 Å². The molecular formula is C14H13ClN2O3S. The largest absolute Gasteiger partial charge is 0.481 e. The van der Waals surface area contributed by atoms with Crippen LogP contribution in [0.2, 0.25) is 5.02 Å². The molecule has 2 unspecified atom stereocenters. The van der Waals surface area contributed by atoms with Crippen LogP contribution in [0.25, 0.3) is 10.2 Å². The number of nitrogens with one attached hydrogen (secondary N) is 1. The van der Waals surface area contributed by atoms with E-state index in [1.807, 2.05) is 6.07 Å². The van der Waals surface area contributed by atoms with E-state index in [-0.39, 0.29) is 11.8 Å². The fourth-order valence-corrected chi connectivity index (χ4v) is 3.58. The second kappa shape index (κ2) is 5.61. The van der Waals surface area contributed by atoms with E-state index in [2.05, 4.69) is 10.3 Å². The van der Waals surface area contributed by atoms with E-state index in [0.717, 1.165) is 4.70 Å². The molecule has 1 aromatic heterocycles. The number of hydrogen-bond acceptors (Lipinski definition) is 4. The summed E-state index contributed by atoms with van der Waals surface area (Å²) in [6.45, 7) is 0. The van der Waals surface area contributed by atoms with Crippen molar-refractivity contribution >= 4 is 50.7 Å². The highest BCUT2D eigenvalue weighted by Crippen LogP contribution is 2.35. The maximum Gasteiger partial charge on any atom is 0.306 e. The molecule has 2 aromatic rings. The van der Waals surface area contributed by atoms with Gasteiger partial charge in [0.25, 0.3) is 0 Å². The maximum atomic E-state index is 12.3. The number of hydrogen-bond donors (Lipinski definition) is 2. The molecule has 7 heteroatoms. The fourth-order valence-electron chi connectivity index (χ4n) is 2.69. The van der Waals surface area contributed by atoms with Crippen LogP contribution in [0.15, 0.2) is 17.6 Å². The van der Waals surface area contributed by atoms with Crippen LogP contribution in [0.5, 0.6) is 0 Å². The first kappa shape index (κ1) is 14.3. The van der Waals surface area contributed by atoms with Crippen LogP contribution in [-0.4, -0.2) is 22.0 Å². The third-order valence-corrected chi connectivity index (χ3v) is 4.96. The van der Waals surface area contributed by atoms with Crippen molar-refractivity contribution in [3.05, 3.63) is 22.7 Å². The van der Waals surface area contributed by atoms with Crippen molar-refractivity contribution in [3.8, 4) is 0 Å². The zero-order valence-electron chi connectivity index (χ0n) is 11.0. The Kier molecular flexibility index (Phi) is 3.82. The summed E-state index contributed by atoms with van der Waals surface area (Å²) in [5.41, 5.74) is 2.89. The van der Waals surface area contributed by atoms with Gasteiger partial charge in [-0.05, 0) is 31.4 Å². The number of anilines is 1. The smallest absolute Gasteiger partial charge is 0.306 e. The predicted octanol–water partition coefficient (Wildman–Crippen LogP) is 3.39. The van der Waals surface area contributed by atoms with Crippen LogP contribution in [0.4, 0.5) is 5.69 Å². The number of thiazole rings is 1. The Bertz CT molecular complexity index is 715. The lowest BCUT2D eigenvalue weighted by Crippen LogP contribution is -2.22. The fraction of sp³-hybridized carbons (Fsp3) is 0.357. The van der Waals surface area contributed by atoms with Crippen LogP contribution in [0, 0.1) is 11.8 Å². The highest BCUT2D eigenvalue weighted by atomic mass is 35.5. The first-order chi connectivity index (χ1) is 10.1. The minimum absolute atomic E-state index is 0.179. The van der Waals surface area contributed by atoms with Gasteiger partial charge in [0.15, 0.2) is 0 Å². The Morgan fingerprint density at radius 2 is 2.10 bits per heavy atom. The lowest BCUT2D eigenvalue weighted by Gasteiger charge is -2.12. The lowest BCUT2D eigenvalue weighted by molar-refractivity contribution is -0.141. The van der Waals surface area contributed by atoms with Gasteiger partial charge in [-0.3, -0.25) is 9.59 Å². The van der Waals surface area contributed by atoms with Gasteiger partial charge in [-0.15, -0.1) is 11.3 Å². The molecule has 21 heavy (non-hydrogen) atoms. The van der Waals surface area contributed by atoms with E-state index in [0.29, 0.717) is 35.5 Å². The molecule has 1 heterocycles. The van der Waals surface area contributed by atoms with Gasteiger partial charge >= 0.3 is 5.97 Å². The molecule has 0 spiro atoms. The standard InChI is InChI=1S/C14H13ClN2O3S/c15-9-3-4-10-12(16-6-21-10)11(9)17-13(18)7-1-2-8(5-7)14(19)20/h3-4,6-8H,1-2,5H2,(H,17,18)(H,19,20). The normalized spacial score (nSPS) is 21.6. The molecule has 0 aliphatic heterocycles. The molecule has 0 saturated heterocycles. The third-order valence-electron chi connectivity index (χ3n) is 3.85. The minimum Gasteiger partial charge on any atom is -0.481 e. The number of aliphatic carboxylic acids is 1. The maximum absolute atomic E-state index is 12.3. The van der Waals surface area contributed by atoms with Crippen molar-refractivity contribution in [2.24, 2.45) is 11.8 Å². The van der Waals surface area contributed by atoms with Crippen molar-refractivity contribution in [1.29, 1.82) is 0 Å². The first-order valence-corrected chi connectivity index (χ1v) is 7.87. The Hall–Kier alpha value is -1.66. The number of aromatic nitrogens is 1. The lowest BCUT2D eigenvalue weighted by atomic mass is 10.0. The number of carbonyl (C=O) groups excluding carboxylic acids is 1. The van der Waals surface area contributed by atoms with Crippen LogP contribution in [0.3, 0.4) is 0 Å². The van der Waals surface area contributed by atoms with Crippen molar-refractivity contribution < 1.29 is 14.7 Å². The summed E-state index contributed by atoms with van der Waals surface area (Å²) in [5, 5.41) is 12.3. The van der Waals surface area contributed by atoms with Crippen LogP contribution < -0.4 is 5.32 Å². The molecule has 5 nitrogen and oxygen atoms in total. The summed E-state index contributed by atoms with van der Waals surface area (Å²) in [7, 11) is 0. The summed E-state index contributed by atoms with van der Waals surface area (Å²) in [6, 6.07) is 3.59. The topological polar surface area (TPSA) is 79.3 Å². The average molecular weight is 325 g/mol. The number of halogens is 1. The number of benzene rings is 1. The monoisotopic (exact) mass is 324 g/mol. The molecule has 0 radical (unpaired) electrons. The number of carbonyl (C=O) groups is 2. The summed E-state index contributed by atoms with van der Waals surface area (Å²) in [4.78, 5) is 27.5. The second-order valence-electron chi connectivity index (χ2n) is 5.16. The summed E-state index contributed by atoms with van der Waals surface area (Å²) in [6.07, 6.45) is 1.52. The van der Waals surface area contributed by atoms with Crippen molar-refractivity contribution in [1.82, 2.24) is 4.98 Å². The molecule has 0 bridgehead atoms. The SMILES string of the molecule is O=C(O)C1CCC(C(=O)Nc2c(Cl)ccc3scnc23)C1. The molecule has 1 aliphatic rings. The second-order valence-corrected chi connectivity index (χ2v) is 6.45. The van der Waals surface area contributed by atoms with Gasteiger partial charge in [0.1, 0.15) is 5.52 Å². The van der Waals surface area contributed by atoms with Gasteiger partial charge in [-0.25, -0.2) is 4.98 Å². The van der Waals surface area contributed by atoms with Crippen molar-refractivity contribution in [3.63, 3.8) is 0 Å². The number of carboxylic acids is 1. The summed E-state index contributed by atoms with van der Waals surface area (Å²) in [5.74, 6) is -1.71. The number of fused-ring (bicyclic) bond motifs is 1. The number of amides is 1. The highest BCUT2D eigenvalue weighted by molar-refractivity contribution is 7.16. The van der Waals surface area contributed by atoms with Gasteiger partial charge in [0.05, 0.1) is 26.8 Å². The van der Waals surface area contributed by atoms with Gasteiger partial charge in [0.2, 0.25) is 5.91 Å². The highest BCUT2D eigenvalue weighted by Gasteiger charge is 2.34. The third kappa shape index (κ3) is 2.73. The molecule has 1 saturated carbocycles. The van der Waals surface area contributed by atoms with Gasteiger partial charge in [-0.1, -0.05) is 11.6 Å². The summed E-state index contributed by atoms with van der Waals surface area (Å²) < 4.78 is 0.949. The molecule has 110 valence electrons. The van der Waals surface area contributed by atoms with Crippen LogP contribution >= 0.6 is 22.9 Å². The Balaban J connectivity index is 1.79. The first-order valence-electron chi connectivity index (χ1n) is 6.61. The zero-order chi connectivity index (χ0) is 15.0. The van der Waals surface area contributed by atoms with E-state index in [9.17, 15) is 9.59 Å². The Labute approximate surface area is 129 Å². The van der Waals surface area contributed by atoms with Crippen molar-refractivity contribution in [2.75, 3.05) is 5.32 Å². The number of nitrogens with zero attached hydrogens (tertiary/aromatic N) is 1. The minimum atomic E-state index is -0.829. The van der Waals surface area contributed by atoms with Crippen molar-refractivity contribution in [2.45, 2.75) is 19.3 Å².